The van der Waals surface area contributed by atoms with Crippen molar-refractivity contribution in [2.75, 3.05) is 18.7 Å². The Morgan fingerprint density at radius 1 is 1.35 bits per heavy atom. The van der Waals surface area contributed by atoms with Gasteiger partial charge in [-0.15, -0.1) is 11.3 Å². The lowest BCUT2D eigenvalue weighted by Crippen LogP contribution is -2.16. The third kappa shape index (κ3) is 3.08. The molecule has 0 bridgehead atoms. The van der Waals surface area contributed by atoms with Gasteiger partial charge < -0.3 is 14.2 Å². The Labute approximate surface area is 153 Å². The number of carbonyl (C=O) groups excluding carboxylic acids is 1. The number of nitrogens with zero attached hydrogens (tertiary/aromatic N) is 3. The van der Waals surface area contributed by atoms with Gasteiger partial charge >= 0.3 is 6.09 Å². The highest BCUT2D eigenvalue weighted by Gasteiger charge is 2.17. The molecular weight excluding hydrogens is 356 g/mol. The highest BCUT2D eigenvalue weighted by molar-refractivity contribution is 7.12. The molecular formula is C17H16N4O4S. The van der Waals surface area contributed by atoms with E-state index in [4.69, 9.17) is 14.2 Å². The average Bonchev–Trinajstić information content (AvgIpc) is 3.33. The van der Waals surface area contributed by atoms with Gasteiger partial charge in [-0.25, -0.2) is 9.78 Å². The lowest BCUT2D eigenvalue weighted by atomic mass is 10.1. The Morgan fingerprint density at radius 2 is 2.19 bits per heavy atom. The topological polar surface area (TPSA) is 87.5 Å². The van der Waals surface area contributed by atoms with E-state index >= 15 is 0 Å². The monoisotopic (exact) mass is 372 g/mol. The maximum Gasteiger partial charge on any atom is 0.412 e. The van der Waals surface area contributed by atoms with Crippen LogP contribution in [0.2, 0.25) is 0 Å². The zero-order valence-electron chi connectivity index (χ0n) is 14.2. The summed E-state index contributed by atoms with van der Waals surface area (Å²) in [4.78, 5) is 16.4. The largest absolute Gasteiger partial charge is 0.454 e. The van der Waals surface area contributed by atoms with Gasteiger partial charge in [0.15, 0.2) is 11.5 Å². The maximum atomic E-state index is 11.7. The lowest BCUT2D eigenvalue weighted by molar-refractivity contribution is 0.167. The van der Waals surface area contributed by atoms with Gasteiger partial charge in [0, 0.05) is 17.0 Å². The number of hydrogen-bond donors (Lipinski definition) is 1. The first kappa shape index (κ1) is 16.4. The van der Waals surface area contributed by atoms with Gasteiger partial charge in [-0.1, -0.05) is 0 Å². The molecule has 9 heteroatoms. The Hall–Kier alpha value is -3.07. The number of anilines is 1. The number of rotatable bonds is 4. The molecule has 0 atom stereocenters. The van der Waals surface area contributed by atoms with E-state index in [2.05, 4.69) is 15.4 Å². The van der Waals surface area contributed by atoms with E-state index in [0.717, 1.165) is 22.7 Å². The molecule has 0 aliphatic carbocycles. The summed E-state index contributed by atoms with van der Waals surface area (Å²) in [5, 5.41) is 9.66. The molecule has 0 fully saturated rings. The van der Waals surface area contributed by atoms with Crippen molar-refractivity contribution in [2.45, 2.75) is 13.8 Å². The molecule has 0 radical (unpaired) electrons. The van der Waals surface area contributed by atoms with Crippen molar-refractivity contribution in [3.8, 4) is 27.9 Å². The molecule has 1 aliphatic heterocycles. The fraction of sp³-hybridized carbons (Fsp3) is 0.235. The molecule has 0 spiro atoms. The quantitative estimate of drug-likeness (QED) is 0.753. The summed E-state index contributed by atoms with van der Waals surface area (Å²) >= 11 is 1.42. The number of nitrogens with one attached hydrogen (secondary N) is 1. The highest BCUT2D eigenvalue weighted by Crippen LogP contribution is 2.36. The second kappa shape index (κ2) is 6.68. The summed E-state index contributed by atoms with van der Waals surface area (Å²) in [5.41, 5.74) is 2.47. The molecule has 3 heterocycles. The molecule has 0 saturated heterocycles. The maximum absolute atomic E-state index is 11.7. The zero-order chi connectivity index (χ0) is 18.1. The second-order valence-electron chi connectivity index (χ2n) is 5.51. The summed E-state index contributed by atoms with van der Waals surface area (Å²) in [7, 11) is 0. The van der Waals surface area contributed by atoms with Crippen LogP contribution in [0.25, 0.3) is 16.4 Å². The fourth-order valence-corrected chi connectivity index (χ4v) is 3.35. The summed E-state index contributed by atoms with van der Waals surface area (Å²) in [5.74, 6) is 1.94. The number of aryl methyl sites for hydroxylation is 1. The number of benzene rings is 1. The first-order valence-electron chi connectivity index (χ1n) is 8.00. The van der Waals surface area contributed by atoms with E-state index in [9.17, 15) is 4.79 Å². The highest BCUT2D eigenvalue weighted by atomic mass is 32.1. The average molecular weight is 372 g/mol. The first-order chi connectivity index (χ1) is 12.6. The number of amides is 1. The third-order valence-electron chi connectivity index (χ3n) is 3.68. The van der Waals surface area contributed by atoms with Crippen LogP contribution < -0.4 is 14.8 Å². The van der Waals surface area contributed by atoms with E-state index in [-0.39, 0.29) is 6.79 Å². The number of carbonyl (C=O) groups is 1. The molecule has 2 aromatic heterocycles. The van der Waals surface area contributed by atoms with Crippen LogP contribution in [0.3, 0.4) is 0 Å². The second-order valence-corrected chi connectivity index (χ2v) is 6.35. The number of ether oxygens (including phenoxy) is 3. The first-order valence-corrected chi connectivity index (χ1v) is 8.88. The smallest absolute Gasteiger partial charge is 0.412 e. The molecule has 8 nitrogen and oxygen atoms in total. The predicted molar refractivity (Wildman–Crippen MR) is 96.2 cm³/mol. The number of hydrogen-bond acceptors (Lipinski definition) is 7. The SMILES string of the molecule is CCOC(=O)Nc1cc(C)nn1-c1nc(-c2ccc3c(c2)OCO3)cs1. The van der Waals surface area contributed by atoms with E-state index < -0.39 is 6.09 Å². The molecule has 0 unspecified atom stereocenters. The van der Waals surface area contributed by atoms with Gasteiger partial charge in [-0.2, -0.15) is 9.78 Å². The molecule has 1 aromatic carbocycles. The summed E-state index contributed by atoms with van der Waals surface area (Å²) in [6, 6.07) is 7.45. The van der Waals surface area contributed by atoms with Gasteiger partial charge in [0.1, 0.15) is 5.82 Å². The third-order valence-corrected chi connectivity index (χ3v) is 4.49. The Kier molecular flexibility index (Phi) is 4.21. The molecule has 26 heavy (non-hydrogen) atoms. The number of thiazole rings is 1. The van der Waals surface area contributed by atoms with E-state index in [1.54, 1.807) is 17.7 Å². The predicted octanol–water partition coefficient (Wildman–Crippen LogP) is 3.60. The molecule has 1 aliphatic rings. The van der Waals surface area contributed by atoms with Gasteiger partial charge in [-0.3, -0.25) is 5.32 Å². The Bertz CT molecular complexity index is 966. The van der Waals surface area contributed by atoms with Crippen molar-refractivity contribution >= 4 is 23.2 Å². The van der Waals surface area contributed by atoms with Crippen molar-refractivity contribution < 1.29 is 19.0 Å². The van der Waals surface area contributed by atoms with Crippen molar-refractivity contribution in [3.05, 3.63) is 35.3 Å². The summed E-state index contributed by atoms with van der Waals surface area (Å²) < 4.78 is 17.3. The van der Waals surface area contributed by atoms with Gasteiger partial charge in [-0.05, 0) is 32.0 Å². The van der Waals surface area contributed by atoms with E-state index in [1.165, 1.54) is 11.3 Å². The minimum absolute atomic E-state index is 0.233. The van der Waals surface area contributed by atoms with Gasteiger partial charge in [0.25, 0.3) is 0 Å². The van der Waals surface area contributed by atoms with Crippen LogP contribution in [0.1, 0.15) is 12.6 Å². The Morgan fingerprint density at radius 3 is 3.04 bits per heavy atom. The van der Waals surface area contributed by atoms with Crippen LogP contribution in [0.5, 0.6) is 11.5 Å². The molecule has 0 saturated carbocycles. The molecule has 3 aromatic rings. The van der Waals surface area contributed by atoms with Crippen LogP contribution in [-0.2, 0) is 4.74 Å². The molecule has 1 amide bonds. The van der Waals surface area contributed by atoms with Crippen molar-refractivity contribution in [1.29, 1.82) is 0 Å². The standard InChI is InChI=1S/C17H16N4O4S/c1-3-23-17(22)19-15-6-10(2)20-21(15)16-18-12(8-26-16)11-4-5-13-14(7-11)25-9-24-13/h4-8H,3,9H2,1-2H3,(H,19,22). The van der Waals surface area contributed by atoms with E-state index in [1.807, 2.05) is 30.5 Å². The minimum Gasteiger partial charge on any atom is -0.454 e. The van der Waals surface area contributed by atoms with Gasteiger partial charge in [0.2, 0.25) is 11.9 Å². The van der Waals surface area contributed by atoms with Gasteiger partial charge in [0.05, 0.1) is 18.0 Å². The van der Waals surface area contributed by atoms with Crippen LogP contribution in [0, 0.1) is 6.92 Å². The van der Waals surface area contributed by atoms with Crippen molar-refractivity contribution in [1.82, 2.24) is 14.8 Å². The lowest BCUT2D eigenvalue weighted by Gasteiger charge is -2.06. The molecule has 4 rings (SSSR count). The molecule has 134 valence electrons. The fourth-order valence-electron chi connectivity index (χ4n) is 2.56. The van der Waals surface area contributed by atoms with Crippen molar-refractivity contribution in [3.63, 3.8) is 0 Å². The summed E-state index contributed by atoms with van der Waals surface area (Å²) in [6.45, 7) is 4.13. The molecule has 1 N–H and O–H groups in total. The van der Waals surface area contributed by atoms with Crippen LogP contribution in [0.15, 0.2) is 29.6 Å². The minimum atomic E-state index is -0.527. The van der Waals surface area contributed by atoms with Crippen LogP contribution >= 0.6 is 11.3 Å². The normalized spacial score (nSPS) is 12.2. The van der Waals surface area contributed by atoms with Crippen LogP contribution in [-0.4, -0.2) is 34.3 Å². The van der Waals surface area contributed by atoms with E-state index in [0.29, 0.717) is 23.3 Å². The van der Waals surface area contributed by atoms with Crippen LogP contribution in [0.4, 0.5) is 10.6 Å². The number of fused-ring (bicyclic) bond motifs is 1. The van der Waals surface area contributed by atoms with Crippen molar-refractivity contribution in [2.24, 2.45) is 0 Å². The zero-order valence-corrected chi connectivity index (χ0v) is 15.0. The number of aromatic nitrogens is 3. The summed E-state index contributed by atoms with van der Waals surface area (Å²) in [6.07, 6.45) is -0.527. The Balaban J connectivity index is 1.63.